The Morgan fingerprint density at radius 3 is 2.64 bits per heavy atom. The Labute approximate surface area is 209 Å². The molecule has 5 rings (SSSR count). The molecule has 3 amide bonds. The van der Waals surface area contributed by atoms with Gasteiger partial charge in [0.2, 0.25) is 5.91 Å². The van der Waals surface area contributed by atoms with E-state index in [9.17, 15) is 14.0 Å². The molecule has 1 aliphatic rings. The Hall–Kier alpha value is -4.13. The predicted molar refractivity (Wildman–Crippen MR) is 139 cm³/mol. The monoisotopic (exact) mass is 484 g/mol. The van der Waals surface area contributed by atoms with E-state index in [1.54, 1.807) is 15.9 Å². The second kappa shape index (κ2) is 10.2. The fraction of sp³-hybridized carbons (Fsp3) is 0.241. The average Bonchev–Trinajstić information content (AvgIpc) is 3.37. The fourth-order valence-corrected chi connectivity index (χ4v) is 4.98. The first-order valence-corrected chi connectivity index (χ1v) is 12.3. The molecule has 7 heteroatoms. The molecular formula is C29H29FN4O2. The normalized spacial score (nSPS) is 14.9. The molecule has 2 heterocycles. The van der Waals surface area contributed by atoms with Crippen molar-refractivity contribution in [3.63, 3.8) is 0 Å². The van der Waals surface area contributed by atoms with Gasteiger partial charge in [0.15, 0.2) is 0 Å². The van der Waals surface area contributed by atoms with Gasteiger partial charge in [-0.1, -0.05) is 55.5 Å². The molecule has 0 spiro atoms. The van der Waals surface area contributed by atoms with Gasteiger partial charge in [0.05, 0.1) is 11.7 Å². The summed E-state index contributed by atoms with van der Waals surface area (Å²) in [5, 5.41) is 4.98. The van der Waals surface area contributed by atoms with E-state index in [0.717, 1.165) is 16.5 Å². The lowest BCUT2D eigenvalue weighted by Crippen LogP contribution is -2.48. The summed E-state index contributed by atoms with van der Waals surface area (Å²) >= 11 is 0. The smallest absolute Gasteiger partial charge is 0.322 e. The first-order valence-electron chi connectivity index (χ1n) is 12.3. The molecule has 0 saturated heterocycles. The Bertz CT molecular complexity index is 1390. The number of rotatable bonds is 6. The number of nitrogens with zero attached hydrogens (tertiary/aromatic N) is 3. The fourth-order valence-electron chi connectivity index (χ4n) is 4.98. The molecule has 6 nitrogen and oxygen atoms in total. The van der Waals surface area contributed by atoms with Gasteiger partial charge in [-0.15, -0.1) is 0 Å². The summed E-state index contributed by atoms with van der Waals surface area (Å²) in [6, 6.07) is 23.2. The highest BCUT2D eigenvalue weighted by Crippen LogP contribution is 2.33. The van der Waals surface area contributed by atoms with Crippen LogP contribution in [0.15, 0.2) is 85.1 Å². The van der Waals surface area contributed by atoms with Crippen LogP contribution < -0.4 is 5.32 Å². The minimum atomic E-state index is -0.415. The van der Waals surface area contributed by atoms with Crippen molar-refractivity contribution in [2.75, 3.05) is 25.0 Å². The lowest BCUT2D eigenvalue weighted by Gasteiger charge is -2.38. The number of hydrogen-bond acceptors (Lipinski definition) is 2. The Morgan fingerprint density at radius 1 is 1.00 bits per heavy atom. The molecule has 4 aromatic rings. The number of benzene rings is 3. The summed E-state index contributed by atoms with van der Waals surface area (Å²) in [4.78, 5) is 30.3. The zero-order valence-corrected chi connectivity index (χ0v) is 20.2. The first-order chi connectivity index (χ1) is 17.5. The summed E-state index contributed by atoms with van der Waals surface area (Å²) in [5.74, 6) is -0.510. The van der Waals surface area contributed by atoms with E-state index in [1.807, 2.05) is 73.8 Å². The van der Waals surface area contributed by atoms with Gasteiger partial charge in [0.1, 0.15) is 12.4 Å². The second-order valence-corrected chi connectivity index (χ2v) is 9.05. The maximum Gasteiger partial charge on any atom is 0.322 e. The van der Waals surface area contributed by atoms with Gasteiger partial charge < -0.3 is 19.7 Å². The van der Waals surface area contributed by atoms with E-state index in [0.29, 0.717) is 37.3 Å². The van der Waals surface area contributed by atoms with Gasteiger partial charge in [-0.3, -0.25) is 4.79 Å². The molecule has 0 unspecified atom stereocenters. The third-order valence-corrected chi connectivity index (χ3v) is 6.66. The Kier molecular flexibility index (Phi) is 6.71. The zero-order valence-electron chi connectivity index (χ0n) is 20.2. The largest absolute Gasteiger partial charge is 0.348 e. The van der Waals surface area contributed by atoms with Crippen LogP contribution in [0, 0.1) is 5.82 Å². The van der Waals surface area contributed by atoms with Crippen molar-refractivity contribution in [1.29, 1.82) is 0 Å². The molecule has 0 saturated carbocycles. The number of anilines is 1. The van der Waals surface area contributed by atoms with E-state index >= 15 is 0 Å². The van der Waals surface area contributed by atoms with Gasteiger partial charge in [-0.2, -0.15) is 0 Å². The van der Waals surface area contributed by atoms with E-state index in [2.05, 4.69) is 9.88 Å². The molecule has 1 N–H and O–H groups in total. The summed E-state index contributed by atoms with van der Waals surface area (Å²) in [7, 11) is 0. The van der Waals surface area contributed by atoms with Crippen molar-refractivity contribution in [2.24, 2.45) is 0 Å². The van der Waals surface area contributed by atoms with Gasteiger partial charge in [-0.25, -0.2) is 9.18 Å². The SMILES string of the molecule is CCCN(CC(=O)N1CCn2cccc2[C@H]1c1cccc(F)c1)C(=O)Nc1cccc2ccccc12. The number of nitrogens with one attached hydrogen (secondary N) is 1. The highest BCUT2D eigenvalue weighted by Gasteiger charge is 2.33. The average molecular weight is 485 g/mol. The first kappa shape index (κ1) is 23.6. The molecule has 1 aromatic heterocycles. The minimum absolute atomic E-state index is 0.0586. The van der Waals surface area contributed by atoms with E-state index in [4.69, 9.17) is 0 Å². The topological polar surface area (TPSA) is 57.6 Å². The van der Waals surface area contributed by atoms with Crippen LogP contribution in [0.4, 0.5) is 14.9 Å². The van der Waals surface area contributed by atoms with Crippen molar-refractivity contribution in [1.82, 2.24) is 14.4 Å². The lowest BCUT2D eigenvalue weighted by atomic mass is 9.99. The lowest BCUT2D eigenvalue weighted by molar-refractivity contribution is -0.134. The highest BCUT2D eigenvalue weighted by molar-refractivity contribution is 6.02. The summed E-state index contributed by atoms with van der Waals surface area (Å²) in [6.45, 7) is 3.49. The van der Waals surface area contributed by atoms with E-state index in [-0.39, 0.29) is 24.3 Å². The molecule has 3 aromatic carbocycles. The number of urea groups is 1. The number of hydrogen-bond donors (Lipinski definition) is 1. The summed E-state index contributed by atoms with van der Waals surface area (Å²) in [5.41, 5.74) is 2.35. The van der Waals surface area contributed by atoms with Crippen molar-refractivity contribution < 1.29 is 14.0 Å². The molecule has 1 aliphatic heterocycles. The summed E-state index contributed by atoms with van der Waals surface area (Å²) in [6.07, 6.45) is 2.69. The van der Waals surface area contributed by atoms with Crippen LogP contribution in [0.1, 0.15) is 30.6 Å². The standard InChI is InChI=1S/C29H29FN4O2/c1-2-15-33(29(36)31-25-13-6-9-21-8-3-4-12-24(21)25)20-27(35)34-18-17-32-16-7-14-26(32)28(34)22-10-5-11-23(30)19-22/h3-14,16,19,28H,2,15,17-18,20H2,1H3,(H,31,36)/t28-/m1/s1. The minimum Gasteiger partial charge on any atom is -0.348 e. The van der Waals surface area contributed by atoms with Crippen molar-refractivity contribution in [3.8, 4) is 0 Å². The maximum atomic E-state index is 14.1. The molecule has 0 fully saturated rings. The van der Waals surface area contributed by atoms with Crippen LogP contribution in [0.2, 0.25) is 0 Å². The number of halogens is 1. The Balaban J connectivity index is 1.39. The van der Waals surface area contributed by atoms with Gasteiger partial charge >= 0.3 is 6.03 Å². The quantitative estimate of drug-likeness (QED) is 0.384. The summed E-state index contributed by atoms with van der Waals surface area (Å²) < 4.78 is 16.2. The molecular weight excluding hydrogens is 455 g/mol. The van der Waals surface area contributed by atoms with E-state index < -0.39 is 6.04 Å². The number of carbonyl (C=O) groups excluding carboxylic acids is 2. The van der Waals surface area contributed by atoms with Crippen LogP contribution in [-0.4, -0.2) is 45.9 Å². The van der Waals surface area contributed by atoms with E-state index in [1.165, 1.54) is 12.1 Å². The van der Waals surface area contributed by atoms with Crippen LogP contribution in [0.25, 0.3) is 10.8 Å². The number of fused-ring (bicyclic) bond motifs is 2. The Morgan fingerprint density at radius 2 is 1.81 bits per heavy atom. The van der Waals surface area contributed by atoms with Crippen LogP contribution in [0.3, 0.4) is 0 Å². The number of aromatic nitrogens is 1. The van der Waals surface area contributed by atoms with Gasteiger partial charge in [0, 0.05) is 36.9 Å². The molecule has 184 valence electrons. The van der Waals surface area contributed by atoms with Gasteiger partial charge in [-0.05, 0) is 47.7 Å². The zero-order chi connectivity index (χ0) is 25.1. The third kappa shape index (κ3) is 4.69. The van der Waals surface area contributed by atoms with Crippen LogP contribution in [0.5, 0.6) is 0 Å². The van der Waals surface area contributed by atoms with Gasteiger partial charge in [0.25, 0.3) is 0 Å². The van der Waals surface area contributed by atoms with Crippen molar-refractivity contribution >= 4 is 28.4 Å². The molecule has 0 bridgehead atoms. The van der Waals surface area contributed by atoms with Crippen LogP contribution in [-0.2, 0) is 11.3 Å². The predicted octanol–water partition coefficient (Wildman–Crippen LogP) is 5.66. The maximum absolute atomic E-state index is 14.1. The number of amides is 3. The third-order valence-electron chi connectivity index (χ3n) is 6.66. The molecule has 0 radical (unpaired) electrons. The molecule has 0 aliphatic carbocycles. The molecule has 1 atom stereocenters. The molecule has 36 heavy (non-hydrogen) atoms. The van der Waals surface area contributed by atoms with Crippen LogP contribution >= 0.6 is 0 Å². The van der Waals surface area contributed by atoms with Crippen molar-refractivity contribution in [3.05, 3.63) is 102 Å². The number of carbonyl (C=O) groups is 2. The second-order valence-electron chi connectivity index (χ2n) is 9.05. The highest BCUT2D eigenvalue weighted by atomic mass is 19.1. The van der Waals surface area contributed by atoms with Crippen molar-refractivity contribution in [2.45, 2.75) is 25.9 Å².